The highest BCUT2D eigenvalue weighted by Crippen LogP contribution is 2.59. The molecule has 2 bridgehead atoms. The van der Waals surface area contributed by atoms with Crippen molar-refractivity contribution in [1.29, 1.82) is 0 Å². The number of rotatable bonds is 8. The molecule has 7 unspecified atom stereocenters. The smallest absolute Gasteiger partial charge is 0.432 e. The normalized spacial score (nSPS) is 30.4. The SMILES string of the molecule is C=C(C)C(=O)OCC(=O)OC1C2CC3C1OC(=O)C3C2C(=O)OC(C(F)(F)F)C(F)(F)S(=O)(=O)O. The first-order valence-electron chi connectivity index (χ1n) is 9.72. The quantitative estimate of drug-likeness (QED) is 0.154. The van der Waals surface area contributed by atoms with Gasteiger partial charge in [-0.3, -0.25) is 14.1 Å². The number of carbonyl (C=O) groups excluding carboxylic acids is 4. The third-order valence-corrected chi connectivity index (χ3v) is 6.84. The summed E-state index contributed by atoms with van der Waals surface area (Å²) in [5.74, 6) is -10.6. The van der Waals surface area contributed by atoms with Gasteiger partial charge in [0.15, 0.2) is 6.61 Å². The number of halogens is 5. The summed E-state index contributed by atoms with van der Waals surface area (Å²) < 4.78 is 116. The zero-order chi connectivity index (χ0) is 26.7. The third-order valence-electron chi connectivity index (χ3n) is 5.94. The van der Waals surface area contributed by atoms with Gasteiger partial charge in [0.1, 0.15) is 12.2 Å². The van der Waals surface area contributed by atoms with Crippen LogP contribution in [-0.4, -0.2) is 73.2 Å². The minimum Gasteiger partial charge on any atom is -0.458 e. The van der Waals surface area contributed by atoms with Crippen LogP contribution in [0.25, 0.3) is 0 Å². The zero-order valence-corrected chi connectivity index (χ0v) is 18.3. The van der Waals surface area contributed by atoms with Crippen LogP contribution >= 0.6 is 0 Å². The summed E-state index contributed by atoms with van der Waals surface area (Å²) in [7, 11) is -6.67. The maximum absolute atomic E-state index is 13.8. The van der Waals surface area contributed by atoms with Crippen LogP contribution in [0.3, 0.4) is 0 Å². The van der Waals surface area contributed by atoms with Gasteiger partial charge in [-0.1, -0.05) is 6.58 Å². The molecule has 1 aliphatic heterocycles. The van der Waals surface area contributed by atoms with E-state index in [0.717, 1.165) is 0 Å². The Kier molecular flexibility index (Phi) is 6.65. The fourth-order valence-electron chi connectivity index (χ4n) is 4.56. The monoisotopic (exact) mass is 536 g/mol. The predicted molar refractivity (Wildman–Crippen MR) is 96.5 cm³/mol. The molecule has 0 spiro atoms. The van der Waals surface area contributed by atoms with Gasteiger partial charge in [-0.15, -0.1) is 0 Å². The maximum atomic E-state index is 13.8. The van der Waals surface area contributed by atoms with E-state index in [1.165, 1.54) is 6.92 Å². The number of fused-ring (bicyclic) bond motifs is 1. The van der Waals surface area contributed by atoms with Crippen molar-refractivity contribution in [1.82, 2.24) is 0 Å². The van der Waals surface area contributed by atoms with Crippen LogP contribution in [0.2, 0.25) is 0 Å². The first-order valence-corrected chi connectivity index (χ1v) is 11.2. The summed E-state index contributed by atoms with van der Waals surface area (Å²) in [6.45, 7) is 3.66. The van der Waals surface area contributed by atoms with E-state index >= 15 is 0 Å². The Bertz CT molecular complexity index is 1070. The topological polar surface area (TPSA) is 160 Å². The summed E-state index contributed by atoms with van der Waals surface area (Å²) in [5.41, 5.74) is -0.0472. The Labute approximate surface area is 193 Å². The van der Waals surface area contributed by atoms with Gasteiger partial charge in [-0.2, -0.15) is 30.4 Å². The summed E-state index contributed by atoms with van der Waals surface area (Å²) in [5, 5.41) is -5.96. The Morgan fingerprint density at radius 2 is 1.80 bits per heavy atom. The summed E-state index contributed by atoms with van der Waals surface area (Å²) >= 11 is 0. The molecule has 0 aromatic heterocycles. The molecule has 1 N–H and O–H groups in total. The Balaban J connectivity index is 1.81. The standard InChI is InChI=1S/C18H17F5O11S/c1-5(2)13(25)31-4-8(24)32-11-6-3-7-9(14(26)33-12(7)11)10(6)15(27)34-16(17(19,20)21)18(22,23)35(28,29)30/h6-7,9-12,16H,1,3-4H2,2H3,(H,28,29,30). The van der Waals surface area contributed by atoms with Crippen LogP contribution < -0.4 is 0 Å². The van der Waals surface area contributed by atoms with Crippen LogP contribution in [0.15, 0.2) is 12.2 Å². The van der Waals surface area contributed by atoms with Crippen molar-refractivity contribution in [2.24, 2.45) is 23.7 Å². The molecule has 7 atom stereocenters. The first-order chi connectivity index (χ1) is 15.9. The highest BCUT2D eigenvalue weighted by atomic mass is 32.2. The molecule has 0 radical (unpaired) electrons. The van der Waals surface area contributed by atoms with Crippen LogP contribution in [0.1, 0.15) is 13.3 Å². The second kappa shape index (κ2) is 8.69. The summed E-state index contributed by atoms with van der Waals surface area (Å²) in [6, 6.07) is 0. The molecular formula is C18H17F5O11S. The number of hydrogen-bond donors (Lipinski definition) is 1. The molecule has 3 rings (SSSR count). The van der Waals surface area contributed by atoms with Gasteiger partial charge in [-0.25, -0.2) is 9.59 Å². The largest absolute Gasteiger partial charge is 0.458 e. The van der Waals surface area contributed by atoms with Crippen LogP contribution in [0.4, 0.5) is 22.0 Å². The minimum absolute atomic E-state index is 0.0472. The van der Waals surface area contributed by atoms with E-state index in [1.54, 1.807) is 0 Å². The molecule has 0 aromatic carbocycles. The molecule has 2 saturated carbocycles. The molecule has 3 aliphatic rings. The Morgan fingerprint density at radius 3 is 2.31 bits per heavy atom. The van der Waals surface area contributed by atoms with Crippen molar-refractivity contribution in [2.45, 2.75) is 43.1 Å². The molecule has 17 heteroatoms. The summed E-state index contributed by atoms with van der Waals surface area (Å²) in [6.07, 6.45) is -13.3. The molecule has 1 heterocycles. The van der Waals surface area contributed by atoms with E-state index in [-0.39, 0.29) is 12.0 Å². The van der Waals surface area contributed by atoms with Crippen LogP contribution in [0.5, 0.6) is 0 Å². The van der Waals surface area contributed by atoms with Gasteiger partial charge in [-0.05, 0) is 13.3 Å². The van der Waals surface area contributed by atoms with Crippen molar-refractivity contribution in [3.05, 3.63) is 12.2 Å². The number of hydrogen-bond acceptors (Lipinski definition) is 10. The number of alkyl halides is 5. The molecular weight excluding hydrogens is 519 g/mol. The van der Waals surface area contributed by atoms with E-state index in [0.29, 0.717) is 0 Å². The van der Waals surface area contributed by atoms with Gasteiger partial charge in [0.25, 0.3) is 6.10 Å². The molecule has 0 aromatic rings. The number of ether oxygens (including phenoxy) is 4. The molecule has 35 heavy (non-hydrogen) atoms. The third kappa shape index (κ3) is 4.70. The van der Waals surface area contributed by atoms with Gasteiger partial charge in [0, 0.05) is 17.4 Å². The van der Waals surface area contributed by atoms with Gasteiger partial charge in [0.2, 0.25) is 0 Å². The van der Waals surface area contributed by atoms with E-state index in [2.05, 4.69) is 16.1 Å². The number of esters is 4. The fourth-order valence-corrected chi connectivity index (χ4v) is 5.01. The predicted octanol–water partition coefficient (Wildman–Crippen LogP) is 0.780. The first kappa shape index (κ1) is 26.8. The molecule has 0 amide bonds. The maximum Gasteiger partial charge on any atom is 0.432 e. The average molecular weight is 536 g/mol. The van der Waals surface area contributed by atoms with Gasteiger partial charge in [0.05, 0.1) is 11.8 Å². The van der Waals surface area contributed by atoms with E-state index in [1.807, 2.05) is 0 Å². The van der Waals surface area contributed by atoms with E-state index in [4.69, 9.17) is 14.0 Å². The van der Waals surface area contributed by atoms with E-state index in [9.17, 15) is 49.5 Å². The highest BCUT2D eigenvalue weighted by Gasteiger charge is 2.72. The molecule has 2 aliphatic carbocycles. The Hall–Kier alpha value is -2.82. The van der Waals surface area contributed by atoms with Gasteiger partial charge >= 0.3 is 45.4 Å². The van der Waals surface area contributed by atoms with Crippen molar-refractivity contribution < 1.29 is 73.0 Å². The molecule has 3 fully saturated rings. The highest BCUT2D eigenvalue weighted by molar-refractivity contribution is 7.86. The minimum atomic E-state index is -6.67. The second-order valence-electron chi connectivity index (χ2n) is 8.22. The van der Waals surface area contributed by atoms with E-state index < -0.39 is 94.0 Å². The lowest BCUT2D eigenvalue weighted by atomic mass is 9.78. The lowest BCUT2D eigenvalue weighted by Crippen LogP contribution is -2.54. The Morgan fingerprint density at radius 1 is 1.20 bits per heavy atom. The lowest BCUT2D eigenvalue weighted by molar-refractivity contribution is -0.262. The number of carbonyl (C=O) groups is 4. The molecule has 1 saturated heterocycles. The van der Waals surface area contributed by atoms with Crippen LogP contribution in [0, 0.1) is 23.7 Å². The van der Waals surface area contributed by atoms with Crippen molar-refractivity contribution in [3.8, 4) is 0 Å². The second-order valence-corrected chi connectivity index (χ2v) is 9.72. The lowest BCUT2D eigenvalue weighted by Gasteiger charge is -2.32. The average Bonchev–Trinajstić information content (AvgIpc) is 3.31. The van der Waals surface area contributed by atoms with Crippen molar-refractivity contribution in [2.75, 3.05) is 6.61 Å². The van der Waals surface area contributed by atoms with Crippen molar-refractivity contribution in [3.63, 3.8) is 0 Å². The van der Waals surface area contributed by atoms with Crippen molar-refractivity contribution >= 4 is 34.0 Å². The van der Waals surface area contributed by atoms with Crippen LogP contribution in [-0.2, 0) is 48.2 Å². The molecule has 11 nitrogen and oxygen atoms in total. The molecule has 196 valence electrons. The van der Waals surface area contributed by atoms with Gasteiger partial charge < -0.3 is 18.9 Å². The zero-order valence-electron chi connectivity index (χ0n) is 17.5. The fraction of sp³-hybridized carbons (Fsp3) is 0.667. The summed E-state index contributed by atoms with van der Waals surface area (Å²) in [4.78, 5) is 48.2.